The summed E-state index contributed by atoms with van der Waals surface area (Å²) < 4.78 is 7.94. The average molecular weight is 468 g/mol. The lowest BCUT2D eigenvalue weighted by molar-refractivity contribution is 0.148. The van der Waals surface area contributed by atoms with Crippen molar-refractivity contribution in [2.24, 2.45) is 15.7 Å². The molecule has 2 aromatic rings. The number of unbranched alkanes of at least 4 members (excludes halogenated alkanes) is 2. The second-order valence-corrected chi connectivity index (χ2v) is 8.88. The average Bonchev–Trinajstić information content (AvgIpc) is 3.23. The maximum absolute atomic E-state index is 5.80. The molecule has 8 nitrogen and oxygen atoms in total. The minimum absolute atomic E-state index is 0.335. The van der Waals surface area contributed by atoms with E-state index in [-0.39, 0.29) is 0 Å². The molecule has 1 aromatic heterocycles. The van der Waals surface area contributed by atoms with E-state index in [1.165, 1.54) is 5.56 Å². The van der Waals surface area contributed by atoms with E-state index in [9.17, 15) is 0 Å². The highest BCUT2D eigenvalue weighted by molar-refractivity contribution is 6.04. The number of nitrogens with one attached hydrogen (secondary N) is 1. The Labute approximate surface area is 204 Å². The molecule has 0 amide bonds. The smallest absolute Gasteiger partial charge is 0.173 e. The minimum Gasteiger partial charge on any atom is -0.496 e. The summed E-state index contributed by atoms with van der Waals surface area (Å²) in [7, 11) is 3.92. The molecule has 2 heterocycles. The molecule has 1 aromatic carbocycles. The Balaban J connectivity index is 1.81. The summed E-state index contributed by atoms with van der Waals surface area (Å²) in [5.41, 5.74) is 9.98. The van der Waals surface area contributed by atoms with E-state index in [2.05, 4.69) is 63.6 Å². The molecule has 0 saturated carbocycles. The van der Waals surface area contributed by atoms with Gasteiger partial charge in [-0.2, -0.15) is 0 Å². The predicted octanol–water partition coefficient (Wildman–Crippen LogP) is 3.26. The largest absolute Gasteiger partial charge is 0.496 e. The quantitative estimate of drug-likeness (QED) is 0.217. The van der Waals surface area contributed by atoms with Crippen LogP contribution in [-0.4, -0.2) is 80.5 Å². The first kappa shape index (κ1) is 25.9. The molecular weight excluding hydrogens is 426 g/mol. The molecule has 186 valence electrons. The molecule has 0 aliphatic carbocycles. The maximum Gasteiger partial charge on any atom is 0.173 e. The van der Waals surface area contributed by atoms with E-state index < -0.39 is 0 Å². The minimum atomic E-state index is 0.335. The topological polar surface area (TPSA) is 83.4 Å². The van der Waals surface area contributed by atoms with Crippen molar-refractivity contribution >= 4 is 18.2 Å². The third-order valence-corrected chi connectivity index (χ3v) is 6.34. The first-order chi connectivity index (χ1) is 16.6. The van der Waals surface area contributed by atoms with E-state index in [1.807, 2.05) is 12.3 Å². The predicted molar refractivity (Wildman–Crippen MR) is 142 cm³/mol. The molecule has 0 spiro atoms. The van der Waals surface area contributed by atoms with Crippen LogP contribution < -0.4 is 15.8 Å². The van der Waals surface area contributed by atoms with Crippen molar-refractivity contribution < 1.29 is 4.74 Å². The number of hydrogen-bond donors (Lipinski definition) is 2. The molecule has 0 unspecified atom stereocenters. The van der Waals surface area contributed by atoms with Crippen molar-refractivity contribution in [1.29, 1.82) is 0 Å². The molecule has 0 bridgehead atoms. The Kier molecular flexibility index (Phi) is 10.1. The van der Waals surface area contributed by atoms with Crippen molar-refractivity contribution in [2.75, 3.05) is 58.9 Å². The van der Waals surface area contributed by atoms with Gasteiger partial charge in [0, 0.05) is 51.0 Å². The van der Waals surface area contributed by atoms with Crippen LogP contribution in [-0.2, 0) is 13.1 Å². The molecule has 0 radical (unpaired) electrons. The monoisotopic (exact) mass is 467 g/mol. The zero-order valence-corrected chi connectivity index (χ0v) is 21.1. The molecule has 8 heteroatoms. The van der Waals surface area contributed by atoms with Gasteiger partial charge < -0.3 is 25.3 Å². The van der Waals surface area contributed by atoms with Crippen LogP contribution in [0.2, 0.25) is 0 Å². The lowest BCUT2D eigenvalue weighted by atomic mass is 10.1. The summed E-state index contributed by atoms with van der Waals surface area (Å²) >= 11 is 0. The number of anilines is 1. The normalized spacial score (nSPS) is 15.5. The van der Waals surface area contributed by atoms with E-state index in [0.717, 1.165) is 81.2 Å². The van der Waals surface area contributed by atoms with E-state index in [4.69, 9.17) is 15.5 Å². The summed E-state index contributed by atoms with van der Waals surface area (Å²) in [4.78, 5) is 13.9. The molecule has 1 saturated heterocycles. The first-order valence-electron chi connectivity index (χ1n) is 12.3. The number of aromatic nitrogens is 1. The molecule has 1 aliphatic heterocycles. The highest BCUT2D eigenvalue weighted by Gasteiger charge is 2.18. The summed E-state index contributed by atoms with van der Waals surface area (Å²) in [6.45, 7) is 13.1. The Morgan fingerprint density at radius 1 is 1.15 bits per heavy atom. The summed E-state index contributed by atoms with van der Waals surface area (Å²) in [6, 6.07) is 8.57. The van der Waals surface area contributed by atoms with Crippen molar-refractivity contribution in [1.82, 2.24) is 14.4 Å². The van der Waals surface area contributed by atoms with Gasteiger partial charge in [-0.1, -0.05) is 31.9 Å². The van der Waals surface area contributed by atoms with Crippen LogP contribution in [0.1, 0.15) is 43.0 Å². The van der Waals surface area contributed by atoms with Crippen molar-refractivity contribution in [3.05, 3.63) is 47.3 Å². The fourth-order valence-electron chi connectivity index (χ4n) is 4.32. The number of methoxy groups -OCH3 is 1. The zero-order chi connectivity index (χ0) is 24.3. The number of rotatable bonds is 12. The number of piperazine rings is 1. The molecule has 1 aliphatic rings. The van der Waals surface area contributed by atoms with Crippen LogP contribution in [0.5, 0.6) is 5.75 Å². The van der Waals surface area contributed by atoms with Gasteiger partial charge in [0.05, 0.1) is 26.0 Å². The summed E-state index contributed by atoms with van der Waals surface area (Å²) in [6.07, 6.45) is 5.39. The third-order valence-electron chi connectivity index (χ3n) is 6.34. The maximum atomic E-state index is 5.80. The standard InChI is InChI=1S/C26H41N7O/c1-5-6-7-11-29-26(28-2)25-23(30-20-27)10-12-33(25)19-22-9-8-21(17-24(22)34-4)18-32-15-13-31(3)14-16-32/h8-10,12,17,30H,2,5-7,11,13-16,18-20,27H2,1,3-4H3. The van der Waals surface area contributed by atoms with E-state index in [1.54, 1.807) is 7.11 Å². The number of likely N-dealkylation sites (N-methyl/N-ethyl adjacent to an activating group) is 1. The molecule has 3 N–H and O–H groups in total. The SMILES string of the molecule is C=NC(=NCCCCC)c1c(NCN)ccn1Cc1ccc(CN2CCN(C)CC2)cc1OC. The van der Waals surface area contributed by atoms with E-state index >= 15 is 0 Å². The second-order valence-electron chi connectivity index (χ2n) is 8.88. The van der Waals surface area contributed by atoms with Crippen molar-refractivity contribution in [3.8, 4) is 5.75 Å². The Morgan fingerprint density at radius 3 is 2.62 bits per heavy atom. The van der Waals surface area contributed by atoms with Gasteiger partial charge in [0.15, 0.2) is 5.84 Å². The molecular formula is C26H41N7O. The number of ether oxygens (including phenoxy) is 1. The van der Waals surface area contributed by atoms with Crippen molar-refractivity contribution in [2.45, 2.75) is 39.3 Å². The van der Waals surface area contributed by atoms with Gasteiger partial charge in [-0.3, -0.25) is 9.89 Å². The molecule has 0 atom stereocenters. The van der Waals surface area contributed by atoms with Crippen LogP contribution in [0.3, 0.4) is 0 Å². The number of benzene rings is 1. The van der Waals surface area contributed by atoms with Gasteiger partial charge >= 0.3 is 0 Å². The molecule has 3 rings (SSSR count). The van der Waals surface area contributed by atoms with Crippen LogP contribution in [0.15, 0.2) is 40.4 Å². The first-order valence-corrected chi connectivity index (χ1v) is 12.3. The van der Waals surface area contributed by atoms with Gasteiger partial charge in [-0.15, -0.1) is 0 Å². The summed E-state index contributed by atoms with van der Waals surface area (Å²) in [5.74, 6) is 1.54. The van der Waals surface area contributed by atoms with Crippen LogP contribution in [0, 0.1) is 0 Å². The zero-order valence-electron chi connectivity index (χ0n) is 21.1. The van der Waals surface area contributed by atoms with Gasteiger partial charge in [0.1, 0.15) is 11.4 Å². The summed E-state index contributed by atoms with van der Waals surface area (Å²) in [5, 5.41) is 3.23. The molecule has 34 heavy (non-hydrogen) atoms. The lowest BCUT2D eigenvalue weighted by Crippen LogP contribution is -2.43. The lowest BCUT2D eigenvalue weighted by Gasteiger charge is -2.32. The number of nitrogens with two attached hydrogens (primary N) is 1. The van der Waals surface area contributed by atoms with Crippen LogP contribution >= 0.6 is 0 Å². The Bertz CT molecular complexity index is 945. The molecule has 1 fully saturated rings. The van der Waals surface area contributed by atoms with Crippen molar-refractivity contribution in [3.63, 3.8) is 0 Å². The highest BCUT2D eigenvalue weighted by atomic mass is 16.5. The third kappa shape index (κ3) is 6.91. The van der Waals surface area contributed by atoms with Gasteiger partial charge in [-0.05, 0) is 37.9 Å². The fraction of sp³-hybridized carbons (Fsp3) is 0.538. The van der Waals surface area contributed by atoms with Crippen LogP contribution in [0.4, 0.5) is 5.69 Å². The van der Waals surface area contributed by atoms with Crippen LogP contribution in [0.25, 0.3) is 0 Å². The van der Waals surface area contributed by atoms with Gasteiger partial charge in [-0.25, -0.2) is 4.99 Å². The van der Waals surface area contributed by atoms with Gasteiger partial charge in [0.2, 0.25) is 0 Å². The highest BCUT2D eigenvalue weighted by Crippen LogP contribution is 2.26. The Morgan fingerprint density at radius 2 is 1.94 bits per heavy atom. The van der Waals surface area contributed by atoms with Gasteiger partial charge in [0.25, 0.3) is 0 Å². The fourth-order valence-corrected chi connectivity index (χ4v) is 4.32. The second kappa shape index (κ2) is 13.3. The number of hydrogen-bond acceptors (Lipinski definition) is 6. The number of aliphatic imine (C=N–C) groups is 2. The van der Waals surface area contributed by atoms with E-state index in [0.29, 0.717) is 19.0 Å². The number of nitrogens with zero attached hydrogens (tertiary/aromatic N) is 5. The number of amidine groups is 1. The Hall–Kier alpha value is -2.68.